The van der Waals surface area contributed by atoms with Crippen molar-refractivity contribution in [2.45, 2.75) is 26.8 Å². The van der Waals surface area contributed by atoms with Crippen molar-refractivity contribution in [2.75, 3.05) is 13.7 Å². The third kappa shape index (κ3) is 3.29. The van der Waals surface area contributed by atoms with Crippen LogP contribution in [0.3, 0.4) is 0 Å². The van der Waals surface area contributed by atoms with Crippen LogP contribution in [0, 0.1) is 5.41 Å². The first-order chi connectivity index (χ1) is 9.41. The first-order valence-corrected chi connectivity index (χ1v) is 6.62. The molecule has 1 aliphatic rings. The van der Waals surface area contributed by atoms with Crippen LogP contribution < -0.4 is 10.1 Å². The molecule has 0 unspecified atom stereocenters. The Bertz CT molecular complexity index is 508. The number of carbonyl (C=O) groups excluding carboxylic acids is 2. The van der Waals surface area contributed by atoms with Gasteiger partial charge in [-0.25, -0.2) is 4.79 Å². The first kappa shape index (κ1) is 14.4. The number of ether oxygens (including phenoxy) is 1. The minimum absolute atomic E-state index is 0.138. The fraction of sp³-hybridized carbons (Fsp3) is 0.467. The Balaban J connectivity index is 2.13. The molecule has 0 bridgehead atoms. The molecule has 0 aromatic heterocycles. The molecular formula is C15H20N2O3. The topological polar surface area (TPSA) is 58.6 Å². The van der Waals surface area contributed by atoms with E-state index in [4.69, 9.17) is 4.74 Å². The highest BCUT2D eigenvalue weighted by Crippen LogP contribution is 2.24. The molecule has 0 atom stereocenters. The predicted molar refractivity (Wildman–Crippen MR) is 75.3 cm³/mol. The van der Waals surface area contributed by atoms with Gasteiger partial charge in [-0.2, -0.15) is 0 Å². The summed E-state index contributed by atoms with van der Waals surface area (Å²) in [5.41, 5.74) is 0.690. The molecule has 108 valence electrons. The largest absolute Gasteiger partial charge is 0.497 e. The third-order valence-corrected chi connectivity index (χ3v) is 3.39. The van der Waals surface area contributed by atoms with E-state index in [0.29, 0.717) is 13.0 Å². The van der Waals surface area contributed by atoms with Crippen molar-refractivity contribution in [2.24, 2.45) is 5.41 Å². The summed E-state index contributed by atoms with van der Waals surface area (Å²) in [6.07, 6.45) is 0.363. The fourth-order valence-corrected chi connectivity index (χ4v) is 2.16. The average molecular weight is 276 g/mol. The van der Waals surface area contributed by atoms with E-state index in [1.54, 1.807) is 7.11 Å². The van der Waals surface area contributed by atoms with Gasteiger partial charge in [-0.3, -0.25) is 9.69 Å². The van der Waals surface area contributed by atoms with Crippen LogP contribution in [0.1, 0.15) is 25.8 Å². The Kier molecular flexibility index (Phi) is 3.97. The number of amides is 3. The Morgan fingerprint density at radius 2 is 1.90 bits per heavy atom. The van der Waals surface area contributed by atoms with Gasteiger partial charge in [0.15, 0.2) is 0 Å². The lowest BCUT2D eigenvalue weighted by Gasteiger charge is -2.20. The number of methoxy groups -OCH3 is 1. The normalized spacial score (nSPS) is 18.4. The molecule has 1 aromatic carbocycles. The lowest BCUT2D eigenvalue weighted by atomic mass is 9.89. The van der Waals surface area contributed by atoms with Crippen molar-refractivity contribution in [3.05, 3.63) is 29.8 Å². The summed E-state index contributed by atoms with van der Waals surface area (Å²) < 4.78 is 5.09. The molecule has 1 fully saturated rings. The number of rotatable bonds is 3. The van der Waals surface area contributed by atoms with E-state index >= 15 is 0 Å². The summed E-state index contributed by atoms with van der Waals surface area (Å²) in [5, 5.41) is 2.80. The van der Waals surface area contributed by atoms with Gasteiger partial charge in [-0.05, 0) is 23.1 Å². The molecule has 2 rings (SSSR count). The van der Waals surface area contributed by atoms with E-state index < -0.39 is 0 Å². The number of benzene rings is 1. The average Bonchev–Trinajstić information content (AvgIpc) is 2.50. The van der Waals surface area contributed by atoms with Gasteiger partial charge < -0.3 is 10.1 Å². The Morgan fingerprint density at radius 3 is 2.50 bits per heavy atom. The number of nitrogens with zero attached hydrogens (tertiary/aromatic N) is 1. The maximum Gasteiger partial charge on any atom is 0.324 e. The monoisotopic (exact) mass is 276 g/mol. The first-order valence-electron chi connectivity index (χ1n) is 6.62. The highest BCUT2D eigenvalue weighted by molar-refractivity contribution is 5.95. The highest BCUT2D eigenvalue weighted by atomic mass is 16.5. The number of hydrogen-bond acceptors (Lipinski definition) is 3. The highest BCUT2D eigenvalue weighted by Gasteiger charge is 2.33. The van der Waals surface area contributed by atoms with Gasteiger partial charge in [0, 0.05) is 13.0 Å². The number of carbonyl (C=O) groups is 2. The van der Waals surface area contributed by atoms with E-state index in [-0.39, 0.29) is 23.9 Å². The molecule has 5 heteroatoms. The van der Waals surface area contributed by atoms with Gasteiger partial charge in [0.05, 0.1) is 13.7 Å². The summed E-state index contributed by atoms with van der Waals surface area (Å²) >= 11 is 0. The van der Waals surface area contributed by atoms with Gasteiger partial charge in [0.1, 0.15) is 5.75 Å². The molecule has 1 N–H and O–H groups in total. The van der Waals surface area contributed by atoms with E-state index in [1.807, 2.05) is 38.1 Å². The molecule has 0 saturated carbocycles. The number of urea groups is 1. The summed E-state index contributed by atoms with van der Waals surface area (Å²) in [6.45, 7) is 4.74. The minimum Gasteiger partial charge on any atom is -0.497 e. The van der Waals surface area contributed by atoms with Gasteiger partial charge in [-0.15, -0.1) is 0 Å². The van der Waals surface area contributed by atoms with Gasteiger partial charge >= 0.3 is 6.03 Å². The van der Waals surface area contributed by atoms with Crippen molar-refractivity contribution in [1.29, 1.82) is 0 Å². The summed E-state index contributed by atoms with van der Waals surface area (Å²) in [6, 6.07) is 7.03. The molecule has 3 amide bonds. The summed E-state index contributed by atoms with van der Waals surface area (Å²) in [4.78, 5) is 25.5. The molecule has 0 spiro atoms. The van der Waals surface area contributed by atoms with Crippen LogP contribution in [0.5, 0.6) is 5.75 Å². The molecule has 0 radical (unpaired) electrons. The van der Waals surface area contributed by atoms with Crippen LogP contribution in [0.2, 0.25) is 0 Å². The second-order valence-electron chi connectivity index (χ2n) is 5.83. The van der Waals surface area contributed by atoms with E-state index in [1.165, 1.54) is 4.90 Å². The van der Waals surface area contributed by atoms with Crippen molar-refractivity contribution in [3.8, 4) is 5.75 Å². The van der Waals surface area contributed by atoms with Gasteiger partial charge in [-0.1, -0.05) is 26.0 Å². The SMILES string of the molecule is COc1ccc(CN2C(=O)CC(C)(C)CNC2=O)cc1. The fourth-order valence-electron chi connectivity index (χ4n) is 2.16. The van der Waals surface area contributed by atoms with Crippen molar-refractivity contribution >= 4 is 11.9 Å². The van der Waals surface area contributed by atoms with Gasteiger partial charge in [0.2, 0.25) is 5.91 Å². The Hall–Kier alpha value is -2.04. The Labute approximate surface area is 118 Å². The van der Waals surface area contributed by atoms with Crippen molar-refractivity contribution in [3.63, 3.8) is 0 Å². The van der Waals surface area contributed by atoms with Crippen LogP contribution in [0.25, 0.3) is 0 Å². The number of hydrogen-bond donors (Lipinski definition) is 1. The van der Waals surface area contributed by atoms with Crippen LogP contribution in [-0.2, 0) is 11.3 Å². The molecule has 1 heterocycles. The minimum atomic E-state index is -0.323. The van der Waals surface area contributed by atoms with Crippen LogP contribution >= 0.6 is 0 Å². The quantitative estimate of drug-likeness (QED) is 0.920. The molecule has 1 saturated heterocycles. The molecule has 1 aromatic rings. The molecule has 5 nitrogen and oxygen atoms in total. The van der Waals surface area contributed by atoms with Crippen LogP contribution in [0.4, 0.5) is 4.79 Å². The van der Waals surface area contributed by atoms with Gasteiger partial charge in [0.25, 0.3) is 0 Å². The molecule has 0 aliphatic carbocycles. The smallest absolute Gasteiger partial charge is 0.324 e. The second kappa shape index (κ2) is 5.53. The zero-order valence-electron chi connectivity index (χ0n) is 12.1. The molecular weight excluding hydrogens is 256 g/mol. The van der Waals surface area contributed by atoms with Crippen molar-refractivity contribution < 1.29 is 14.3 Å². The summed E-state index contributed by atoms with van der Waals surface area (Å²) in [5.74, 6) is 0.613. The zero-order valence-corrected chi connectivity index (χ0v) is 12.1. The van der Waals surface area contributed by atoms with E-state index in [9.17, 15) is 9.59 Å². The number of nitrogens with one attached hydrogen (secondary N) is 1. The maximum atomic E-state index is 12.2. The van der Waals surface area contributed by atoms with E-state index in [2.05, 4.69) is 5.32 Å². The number of imide groups is 1. The zero-order chi connectivity index (χ0) is 14.8. The summed E-state index contributed by atoms with van der Waals surface area (Å²) in [7, 11) is 1.60. The van der Waals surface area contributed by atoms with E-state index in [0.717, 1.165) is 11.3 Å². The standard InChI is InChI=1S/C15H20N2O3/c1-15(2)8-13(18)17(14(19)16-10-15)9-11-4-6-12(20-3)7-5-11/h4-7H,8-10H2,1-3H3,(H,16,19). The van der Waals surface area contributed by atoms with Crippen LogP contribution in [-0.4, -0.2) is 30.5 Å². The maximum absolute atomic E-state index is 12.2. The molecule has 20 heavy (non-hydrogen) atoms. The lowest BCUT2D eigenvalue weighted by molar-refractivity contribution is -0.129. The lowest BCUT2D eigenvalue weighted by Crippen LogP contribution is -2.40. The predicted octanol–water partition coefficient (Wildman–Crippen LogP) is 2.16. The Morgan fingerprint density at radius 1 is 1.25 bits per heavy atom. The molecule has 1 aliphatic heterocycles. The third-order valence-electron chi connectivity index (χ3n) is 3.39. The van der Waals surface area contributed by atoms with Crippen LogP contribution in [0.15, 0.2) is 24.3 Å². The van der Waals surface area contributed by atoms with Crippen molar-refractivity contribution in [1.82, 2.24) is 10.2 Å². The second-order valence-corrected chi connectivity index (χ2v) is 5.83.